The quantitative estimate of drug-likeness (QED) is 0.911. The first-order valence-electron chi connectivity index (χ1n) is 6.10. The van der Waals surface area contributed by atoms with Crippen LogP contribution in [-0.4, -0.2) is 36.5 Å². The highest BCUT2D eigenvalue weighted by molar-refractivity contribution is 6.31. The fourth-order valence-electron chi connectivity index (χ4n) is 1.98. The van der Waals surface area contributed by atoms with Crippen molar-refractivity contribution in [3.63, 3.8) is 0 Å². The SMILES string of the molecule is CCCN(C(=O)c1ccc(F)c(Cl)c1)C1CNC1. The first kappa shape index (κ1) is 13.3. The fourth-order valence-corrected chi connectivity index (χ4v) is 2.16. The lowest BCUT2D eigenvalue weighted by Gasteiger charge is -2.38. The molecule has 3 nitrogen and oxygen atoms in total. The van der Waals surface area contributed by atoms with E-state index in [-0.39, 0.29) is 17.0 Å². The van der Waals surface area contributed by atoms with E-state index in [0.717, 1.165) is 19.5 Å². The third kappa shape index (κ3) is 2.65. The van der Waals surface area contributed by atoms with Gasteiger partial charge in [0.15, 0.2) is 0 Å². The van der Waals surface area contributed by atoms with Crippen LogP contribution in [0.15, 0.2) is 18.2 Å². The van der Waals surface area contributed by atoms with E-state index in [1.807, 2.05) is 11.8 Å². The summed E-state index contributed by atoms with van der Waals surface area (Å²) in [7, 11) is 0. The zero-order valence-electron chi connectivity index (χ0n) is 10.2. The third-order valence-corrected chi connectivity index (χ3v) is 3.38. The average molecular weight is 271 g/mol. The largest absolute Gasteiger partial charge is 0.333 e. The highest BCUT2D eigenvalue weighted by atomic mass is 35.5. The Hall–Kier alpha value is -1.13. The summed E-state index contributed by atoms with van der Waals surface area (Å²) >= 11 is 5.71. The smallest absolute Gasteiger partial charge is 0.254 e. The third-order valence-electron chi connectivity index (χ3n) is 3.09. The molecule has 2 rings (SSSR count). The Morgan fingerprint density at radius 2 is 2.28 bits per heavy atom. The predicted molar refractivity (Wildman–Crippen MR) is 69.4 cm³/mol. The number of nitrogens with one attached hydrogen (secondary N) is 1. The number of carbonyl (C=O) groups excluding carboxylic acids is 1. The van der Waals surface area contributed by atoms with E-state index in [1.165, 1.54) is 18.2 Å². The summed E-state index contributed by atoms with van der Waals surface area (Å²) in [6.07, 6.45) is 0.900. The van der Waals surface area contributed by atoms with Crippen molar-refractivity contribution in [1.29, 1.82) is 0 Å². The molecule has 1 saturated heterocycles. The van der Waals surface area contributed by atoms with Gasteiger partial charge in [-0.05, 0) is 24.6 Å². The Kier molecular flexibility index (Phi) is 4.19. The molecule has 5 heteroatoms. The Balaban J connectivity index is 2.18. The average Bonchev–Trinajstić information content (AvgIpc) is 2.29. The van der Waals surface area contributed by atoms with Crippen LogP contribution in [0.5, 0.6) is 0 Å². The molecule has 1 aliphatic rings. The number of hydrogen-bond donors (Lipinski definition) is 1. The molecule has 0 atom stereocenters. The molecule has 0 aliphatic carbocycles. The van der Waals surface area contributed by atoms with Crippen LogP contribution in [0.3, 0.4) is 0 Å². The Labute approximate surface area is 111 Å². The summed E-state index contributed by atoms with van der Waals surface area (Å²) in [6.45, 7) is 4.38. The van der Waals surface area contributed by atoms with Gasteiger partial charge in [0.1, 0.15) is 5.82 Å². The molecule has 0 bridgehead atoms. The molecule has 0 saturated carbocycles. The Bertz CT molecular complexity index is 449. The highest BCUT2D eigenvalue weighted by Crippen LogP contribution is 2.19. The van der Waals surface area contributed by atoms with Crippen LogP contribution in [-0.2, 0) is 0 Å². The second-order valence-corrected chi connectivity index (χ2v) is 4.85. The summed E-state index contributed by atoms with van der Waals surface area (Å²) in [5.74, 6) is -0.578. The molecule has 0 aromatic heterocycles. The van der Waals surface area contributed by atoms with Crippen molar-refractivity contribution in [2.75, 3.05) is 19.6 Å². The van der Waals surface area contributed by atoms with Crippen molar-refractivity contribution in [2.24, 2.45) is 0 Å². The van der Waals surface area contributed by atoms with Crippen LogP contribution in [0.25, 0.3) is 0 Å². The van der Waals surface area contributed by atoms with Gasteiger partial charge in [-0.1, -0.05) is 18.5 Å². The monoisotopic (exact) mass is 270 g/mol. The molecule has 1 aliphatic heterocycles. The molecule has 18 heavy (non-hydrogen) atoms. The van der Waals surface area contributed by atoms with Gasteiger partial charge in [-0.25, -0.2) is 4.39 Å². The van der Waals surface area contributed by atoms with Crippen molar-refractivity contribution in [2.45, 2.75) is 19.4 Å². The Morgan fingerprint density at radius 3 is 2.78 bits per heavy atom. The molecule has 1 fully saturated rings. The highest BCUT2D eigenvalue weighted by Gasteiger charge is 2.28. The van der Waals surface area contributed by atoms with Crippen LogP contribution < -0.4 is 5.32 Å². The normalized spacial score (nSPS) is 15.3. The lowest BCUT2D eigenvalue weighted by Crippen LogP contribution is -2.59. The topological polar surface area (TPSA) is 32.3 Å². The van der Waals surface area contributed by atoms with E-state index in [2.05, 4.69) is 5.32 Å². The van der Waals surface area contributed by atoms with Crippen LogP contribution >= 0.6 is 11.6 Å². The molecular weight excluding hydrogens is 255 g/mol. The lowest BCUT2D eigenvalue weighted by atomic mass is 10.1. The predicted octanol–water partition coefficient (Wildman–Crippen LogP) is 2.30. The lowest BCUT2D eigenvalue weighted by molar-refractivity contribution is 0.0615. The number of halogens is 2. The molecule has 1 amide bonds. The molecule has 1 aromatic carbocycles. The van der Waals surface area contributed by atoms with Crippen molar-refractivity contribution < 1.29 is 9.18 Å². The maximum absolute atomic E-state index is 13.1. The van der Waals surface area contributed by atoms with E-state index in [1.54, 1.807) is 0 Å². The number of carbonyl (C=O) groups is 1. The number of benzene rings is 1. The van der Waals surface area contributed by atoms with Crippen molar-refractivity contribution in [1.82, 2.24) is 10.2 Å². The number of rotatable bonds is 4. The summed E-state index contributed by atoms with van der Waals surface area (Å²) in [6, 6.07) is 4.35. The van der Waals surface area contributed by atoms with E-state index in [0.29, 0.717) is 12.1 Å². The molecule has 0 spiro atoms. The molecule has 1 N–H and O–H groups in total. The zero-order chi connectivity index (χ0) is 13.1. The first-order chi connectivity index (χ1) is 8.63. The minimum absolute atomic E-state index is 0.0102. The van der Waals surface area contributed by atoms with Crippen LogP contribution in [0.1, 0.15) is 23.7 Å². The molecule has 1 heterocycles. The van der Waals surface area contributed by atoms with Gasteiger partial charge in [0.2, 0.25) is 0 Å². The number of hydrogen-bond acceptors (Lipinski definition) is 2. The maximum Gasteiger partial charge on any atom is 0.254 e. The molecule has 0 unspecified atom stereocenters. The summed E-state index contributed by atoms with van der Waals surface area (Å²) < 4.78 is 13.1. The molecular formula is C13H16ClFN2O. The van der Waals surface area contributed by atoms with Gasteiger partial charge < -0.3 is 10.2 Å². The van der Waals surface area contributed by atoms with Crippen LogP contribution in [0.4, 0.5) is 4.39 Å². The number of amides is 1. The minimum atomic E-state index is -0.499. The Morgan fingerprint density at radius 1 is 1.56 bits per heavy atom. The van der Waals surface area contributed by atoms with Gasteiger partial charge in [-0.3, -0.25) is 4.79 Å². The summed E-state index contributed by atoms with van der Waals surface area (Å²) in [4.78, 5) is 14.2. The van der Waals surface area contributed by atoms with Crippen molar-refractivity contribution in [3.8, 4) is 0 Å². The minimum Gasteiger partial charge on any atom is -0.333 e. The molecule has 0 radical (unpaired) electrons. The second-order valence-electron chi connectivity index (χ2n) is 4.44. The zero-order valence-corrected chi connectivity index (χ0v) is 11.0. The van der Waals surface area contributed by atoms with Gasteiger partial charge >= 0.3 is 0 Å². The second kappa shape index (κ2) is 5.67. The van der Waals surface area contributed by atoms with Crippen molar-refractivity contribution >= 4 is 17.5 Å². The molecule has 1 aromatic rings. The summed E-state index contributed by atoms with van der Waals surface area (Å²) in [5, 5.41) is 3.14. The van der Waals surface area contributed by atoms with E-state index < -0.39 is 5.82 Å². The maximum atomic E-state index is 13.1. The van der Waals surface area contributed by atoms with E-state index in [4.69, 9.17) is 11.6 Å². The van der Waals surface area contributed by atoms with Gasteiger partial charge in [0, 0.05) is 25.2 Å². The van der Waals surface area contributed by atoms with Gasteiger partial charge in [-0.2, -0.15) is 0 Å². The fraction of sp³-hybridized carbons (Fsp3) is 0.462. The van der Waals surface area contributed by atoms with Gasteiger partial charge in [0.25, 0.3) is 5.91 Å². The van der Waals surface area contributed by atoms with E-state index in [9.17, 15) is 9.18 Å². The summed E-state index contributed by atoms with van der Waals surface area (Å²) in [5.41, 5.74) is 0.446. The first-order valence-corrected chi connectivity index (χ1v) is 6.48. The van der Waals surface area contributed by atoms with Crippen LogP contribution in [0.2, 0.25) is 5.02 Å². The van der Waals surface area contributed by atoms with E-state index >= 15 is 0 Å². The number of nitrogens with zero attached hydrogens (tertiary/aromatic N) is 1. The standard InChI is InChI=1S/C13H16ClFN2O/c1-2-5-17(10-7-16-8-10)13(18)9-3-4-12(15)11(14)6-9/h3-4,6,10,16H,2,5,7-8H2,1H3. The van der Waals surface area contributed by atoms with Gasteiger partial charge in [0.05, 0.1) is 11.1 Å². The van der Waals surface area contributed by atoms with Gasteiger partial charge in [-0.15, -0.1) is 0 Å². The molecule has 98 valence electrons. The van der Waals surface area contributed by atoms with Crippen molar-refractivity contribution in [3.05, 3.63) is 34.6 Å². The van der Waals surface area contributed by atoms with Crippen LogP contribution in [0, 0.1) is 5.82 Å².